The Kier molecular flexibility index (Phi) is 3.43. The molecule has 0 aliphatic heterocycles. The van der Waals surface area contributed by atoms with Crippen LogP contribution in [-0.2, 0) is 10.3 Å². The van der Waals surface area contributed by atoms with Crippen LogP contribution in [0.2, 0.25) is 0 Å². The molecule has 0 amide bonds. The highest BCUT2D eigenvalue weighted by Gasteiger charge is 2.19. The molecule has 0 saturated carbocycles. The summed E-state index contributed by atoms with van der Waals surface area (Å²) in [6.07, 6.45) is 0.140. The number of ether oxygens (including phenoxy) is 1. The Morgan fingerprint density at radius 3 is 2.38 bits per heavy atom. The SMILES string of the molecule is CC(C)(N=C=O)c1ccc(OC(=O)O)cc1. The molecule has 84 valence electrons. The molecule has 16 heavy (non-hydrogen) atoms. The number of carbonyl (C=O) groups is 1. The molecule has 0 fully saturated rings. The van der Waals surface area contributed by atoms with Crippen molar-refractivity contribution in [1.82, 2.24) is 0 Å². The van der Waals surface area contributed by atoms with Crippen LogP contribution in [0.15, 0.2) is 29.3 Å². The van der Waals surface area contributed by atoms with E-state index in [-0.39, 0.29) is 5.75 Å². The smallest absolute Gasteiger partial charge is 0.449 e. The molecule has 1 aromatic carbocycles. The number of carboxylic acid groups (broad SMARTS) is 1. The van der Waals surface area contributed by atoms with Crippen LogP contribution in [-0.4, -0.2) is 17.3 Å². The molecule has 0 aliphatic carbocycles. The van der Waals surface area contributed by atoms with Crippen molar-refractivity contribution in [3.63, 3.8) is 0 Å². The van der Waals surface area contributed by atoms with E-state index in [1.54, 1.807) is 26.0 Å². The first-order valence-electron chi connectivity index (χ1n) is 4.56. The lowest BCUT2D eigenvalue weighted by Gasteiger charge is -2.17. The fraction of sp³-hybridized carbons (Fsp3) is 0.273. The lowest BCUT2D eigenvalue weighted by Crippen LogP contribution is -2.13. The first kappa shape index (κ1) is 11.9. The highest BCUT2D eigenvalue weighted by molar-refractivity contribution is 5.61. The number of hydrogen-bond acceptors (Lipinski definition) is 4. The maximum Gasteiger partial charge on any atom is 0.511 e. The zero-order valence-electron chi connectivity index (χ0n) is 8.93. The van der Waals surface area contributed by atoms with Crippen LogP contribution in [0.5, 0.6) is 5.75 Å². The van der Waals surface area contributed by atoms with Gasteiger partial charge in [0.05, 0.1) is 5.54 Å². The summed E-state index contributed by atoms with van der Waals surface area (Å²) in [7, 11) is 0. The Labute approximate surface area is 92.4 Å². The lowest BCUT2D eigenvalue weighted by molar-refractivity contribution is 0.144. The van der Waals surface area contributed by atoms with Crippen LogP contribution in [0.1, 0.15) is 19.4 Å². The number of aliphatic imine (C=N–C) groups is 1. The van der Waals surface area contributed by atoms with Gasteiger partial charge in [-0.05, 0) is 31.5 Å². The normalized spacial score (nSPS) is 10.4. The van der Waals surface area contributed by atoms with Gasteiger partial charge in [-0.15, -0.1) is 0 Å². The summed E-state index contributed by atoms with van der Waals surface area (Å²) >= 11 is 0. The van der Waals surface area contributed by atoms with E-state index in [1.807, 2.05) is 0 Å². The van der Waals surface area contributed by atoms with Crippen LogP contribution in [0.3, 0.4) is 0 Å². The molecule has 0 spiro atoms. The number of isocyanates is 1. The van der Waals surface area contributed by atoms with Gasteiger partial charge in [0.2, 0.25) is 6.08 Å². The quantitative estimate of drug-likeness (QED) is 0.368. The predicted octanol–water partition coefficient (Wildman–Crippen LogP) is 2.31. The van der Waals surface area contributed by atoms with E-state index in [4.69, 9.17) is 5.11 Å². The zero-order chi connectivity index (χ0) is 12.2. The monoisotopic (exact) mass is 221 g/mol. The van der Waals surface area contributed by atoms with Crippen LogP contribution in [0.25, 0.3) is 0 Å². The van der Waals surface area contributed by atoms with Crippen molar-refractivity contribution >= 4 is 12.2 Å². The van der Waals surface area contributed by atoms with E-state index >= 15 is 0 Å². The number of benzene rings is 1. The molecule has 1 N–H and O–H groups in total. The summed E-state index contributed by atoms with van der Waals surface area (Å²) in [6, 6.07) is 6.31. The Bertz CT molecular complexity index is 430. The molecule has 0 aromatic heterocycles. The molecule has 0 atom stereocenters. The molecule has 1 aromatic rings. The van der Waals surface area contributed by atoms with Gasteiger partial charge < -0.3 is 9.84 Å². The number of hydrogen-bond donors (Lipinski definition) is 1. The van der Waals surface area contributed by atoms with Gasteiger partial charge in [-0.1, -0.05) is 12.1 Å². The average molecular weight is 221 g/mol. The van der Waals surface area contributed by atoms with Crippen molar-refractivity contribution in [3.05, 3.63) is 29.8 Å². The van der Waals surface area contributed by atoms with E-state index in [0.717, 1.165) is 5.56 Å². The molecule has 5 nitrogen and oxygen atoms in total. The van der Waals surface area contributed by atoms with Crippen LogP contribution in [0, 0.1) is 0 Å². The highest BCUT2D eigenvalue weighted by atomic mass is 16.7. The number of nitrogens with zero attached hydrogens (tertiary/aromatic N) is 1. The second kappa shape index (κ2) is 4.59. The summed E-state index contributed by atoms with van der Waals surface area (Å²) in [6.45, 7) is 3.51. The molecular weight excluding hydrogens is 210 g/mol. The summed E-state index contributed by atoms with van der Waals surface area (Å²) in [5.41, 5.74) is 0.0948. The van der Waals surface area contributed by atoms with E-state index < -0.39 is 11.7 Å². The van der Waals surface area contributed by atoms with Crippen LogP contribution in [0.4, 0.5) is 4.79 Å². The molecule has 5 heteroatoms. The molecule has 0 saturated heterocycles. The zero-order valence-corrected chi connectivity index (χ0v) is 8.93. The number of rotatable bonds is 3. The summed E-state index contributed by atoms with van der Waals surface area (Å²) in [5.74, 6) is 0.224. The van der Waals surface area contributed by atoms with Gasteiger partial charge in [0.15, 0.2) is 0 Å². The fourth-order valence-electron chi connectivity index (χ4n) is 1.21. The minimum absolute atomic E-state index is 0.224. The summed E-state index contributed by atoms with van der Waals surface area (Å²) in [5, 5.41) is 8.39. The van der Waals surface area contributed by atoms with Gasteiger partial charge in [0.25, 0.3) is 0 Å². The molecular formula is C11H11NO4. The van der Waals surface area contributed by atoms with Gasteiger partial charge in [0.1, 0.15) is 5.75 Å². The molecule has 1 rings (SSSR count). The Hall–Kier alpha value is -2.13. The third kappa shape index (κ3) is 2.93. The second-order valence-electron chi connectivity index (χ2n) is 3.65. The van der Waals surface area contributed by atoms with Gasteiger partial charge in [0, 0.05) is 0 Å². The van der Waals surface area contributed by atoms with E-state index in [9.17, 15) is 9.59 Å². The minimum Gasteiger partial charge on any atom is -0.449 e. The molecule has 0 unspecified atom stereocenters. The van der Waals surface area contributed by atoms with E-state index in [1.165, 1.54) is 18.2 Å². The Morgan fingerprint density at radius 1 is 1.38 bits per heavy atom. The standard InChI is InChI=1S/C11H11NO4/c1-11(2,12-7-13)8-3-5-9(6-4-8)16-10(14)15/h3-6H,1-2H3,(H,14,15). The first-order chi connectivity index (χ1) is 7.45. The summed E-state index contributed by atoms with van der Waals surface area (Å²) in [4.78, 5) is 24.1. The molecule has 0 heterocycles. The maximum absolute atomic E-state index is 10.3. The van der Waals surface area contributed by atoms with Gasteiger partial charge in [-0.2, -0.15) is 4.99 Å². The average Bonchev–Trinajstić information content (AvgIpc) is 2.17. The Balaban J connectivity index is 2.94. The molecule has 0 bridgehead atoms. The third-order valence-electron chi connectivity index (χ3n) is 2.09. The van der Waals surface area contributed by atoms with Crippen molar-refractivity contribution in [2.45, 2.75) is 19.4 Å². The van der Waals surface area contributed by atoms with Crippen LogP contribution >= 0.6 is 0 Å². The van der Waals surface area contributed by atoms with Gasteiger partial charge >= 0.3 is 6.16 Å². The van der Waals surface area contributed by atoms with Gasteiger partial charge in [-0.25, -0.2) is 9.59 Å². The van der Waals surface area contributed by atoms with Crippen molar-refractivity contribution in [3.8, 4) is 5.75 Å². The number of carbonyl (C=O) groups excluding carboxylic acids is 1. The van der Waals surface area contributed by atoms with Crippen LogP contribution < -0.4 is 4.74 Å². The topological polar surface area (TPSA) is 76.0 Å². The van der Waals surface area contributed by atoms with Crippen molar-refractivity contribution < 1.29 is 19.4 Å². The third-order valence-corrected chi connectivity index (χ3v) is 2.09. The van der Waals surface area contributed by atoms with E-state index in [2.05, 4.69) is 9.73 Å². The fourth-order valence-corrected chi connectivity index (χ4v) is 1.21. The summed E-state index contributed by atoms with van der Waals surface area (Å²) < 4.78 is 4.45. The highest BCUT2D eigenvalue weighted by Crippen LogP contribution is 2.25. The molecule has 0 radical (unpaired) electrons. The van der Waals surface area contributed by atoms with Crippen molar-refractivity contribution in [1.29, 1.82) is 0 Å². The minimum atomic E-state index is -1.36. The largest absolute Gasteiger partial charge is 0.511 e. The first-order valence-corrected chi connectivity index (χ1v) is 4.56. The Morgan fingerprint density at radius 2 is 1.94 bits per heavy atom. The van der Waals surface area contributed by atoms with Crippen molar-refractivity contribution in [2.24, 2.45) is 4.99 Å². The van der Waals surface area contributed by atoms with Gasteiger partial charge in [-0.3, -0.25) is 0 Å². The molecule has 0 aliphatic rings. The predicted molar refractivity (Wildman–Crippen MR) is 56.2 cm³/mol. The maximum atomic E-state index is 10.3. The second-order valence-corrected chi connectivity index (χ2v) is 3.65. The van der Waals surface area contributed by atoms with E-state index in [0.29, 0.717) is 0 Å². The lowest BCUT2D eigenvalue weighted by atomic mass is 9.95. The van der Waals surface area contributed by atoms with Crippen molar-refractivity contribution in [2.75, 3.05) is 0 Å².